The molecular formula is C17H19N9O3. The minimum Gasteiger partial charge on any atom is -0.387 e. The van der Waals surface area contributed by atoms with Crippen molar-refractivity contribution in [2.24, 2.45) is 7.05 Å². The highest BCUT2D eigenvalue weighted by Crippen LogP contribution is 2.21. The third kappa shape index (κ3) is 4.50. The smallest absolute Gasteiger partial charge is 0.278 e. The average molecular weight is 397 g/mol. The molecule has 0 aliphatic heterocycles. The van der Waals surface area contributed by atoms with Crippen LogP contribution in [0.15, 0.2) is 31.1 Å². The van der Waals surface area contributed by atoms with Crippen LogP contribution in [-0.4, -0.2) is 53.7 Å². The van der Waals surface area contributed by atoms with Crippen molar-refractivity contribution in [2.75, 3.05) is 17.7 Å². The van der Waals surface area contributed by atoms with E-state index in [9.17, 15) is 14.7 Å². The summed E-state index contributed by atoms with van der Waals surface area (Å²) in [5, 5.41) is 21.9. The van der Waals surface area contributed by atoms with Gasteiger partial charge in [-0.1, -0.05) is 0 Å². The molecule has 0 saturated carbocycles. The molecule has 0 bridgehead atoms. The maximum absolute atomic E-state index is 12.9. The van der Waals surface area contributed by atoms with Crippen molar-refractivity contribution in [1.82, 2.24) is 35.0 Å². The van der Waals surface area contributed by atoms with Crippen molar-refractivity contribution < 1.29 is 14.7 Å². The van der Waals surface area contributed by atoms with Gasteiger partial charge in [0.2, 0.25) is 0 Å². The first-order valence-electron chi connectivity index (χ1n) is 8.53. The van der Waals surface area contributed by atoms with Crippen LogP contribution in [0.3, 0.4) is 0 Å². The van der Waals surface area contributed by atoms with Crippen LogP contribution in [0.5, 0.6) is 0 Å². The molecule has 0 aliphatic rings. The molecule has 29 heavy (non-hydrogen) atoms. The van der Waals surface area contributed by atoms with Crippen molar-refractivity contribution in [3.8, 4) is 0 Å². The first-order valence-corrected chi connectivity index (χ1v) is 8.53. The van der Waals surface area contributed by atoms with Crippen LogP contribution in [0.4, 0.5) is 17.2 Å². The molecule has 1 atom stereocenters. The second-order valence-corrected chi connectivity index (χ2v) is 6.02. The average Bonchev–Trinajstić information content (AvgIpc) is 3.08. The fraction of sp³-hybridized carbons (Fsp3) is 0.235. The number of aliphatic hydroxyl groups excluding tert-OH is 1. The van der Waals surface area contributed by atoms with Crippen LogP contribution in [-0.2, 0) is 7.05 Å². The van der Waals surface area contributed by atoms with E-state index in [1.54, 1.807) is 7.05 Å². The van der Waals surface area contributed by atoms with E-state index >= 15 is 0 Å². The van der Waals surface area contributed by atoms with E-state index in [1.165, 1.54) is 49.8 Å². The highest BCUT2D eigenvalue weighted by molar-refractivity contribution is 6.09. The van der Waals surface area contributed by atoms with E-state index in [-0.39, 0.29) is 28.6 Å². The predicted octanol–water partition coefficient (Wildman–Crippen LogP) is 0.409. The summed E-state index contributed by atoms with van der Waals surface area (Å²) in [6.45, 7) is 1.51. The monoisotopic (exact) mass is 397 g/mol. The summed E-state index contributed by atoms with van der Waals surface area (Å²) >= 11 is 0. The van der Waals surface area contributed by atoms with Crippen LogP contribution in [0.2, 0.25) is 0 Å². The van der Waals surface area contributed by atoms with Gasteiger partial charge in [0.25, 0.3) is 11.8 Å². The summed E-state index contributed by atoms with van der Waals surface area (Å²) in [7, 11) is 3.09. The lowest BCUT2D eigenvalue weighted by Crippen LogP contribution is -2.23. The van der Waals surface area contributed by atoms with Gasteiger partial charge in [-0.25, -0.2) is 19.9 Å². The van der Waals surface area contributed by atoms with Crippen LogP contribution < -0.4 is 16.0 Å². The third-order valence-corrected chi connectivity index (χ3v) is 3.78. The van der Waals surface area contributed by atoms with Crippen LogP contribution in [0.1, 0.15) is 39.7 Å². The van der Waals surface area contributed by atoms with Crippen molar-refractivity contribution in [3.05, 3.63) is 48.2 Å². The van der Waals surface area contributed by atoms with E-state index in [1.807, 2.05) is 0 Å². The van der Waals surface area contributed by atoms with E-state index < -0.39 is 17.9 Å². The molecule has 0 fully saturated rings. The Labute approximate surface area is 165 Å². The van der Waals surface area contributed by atoms with Crippen molar-refractivity contribution >= 4 is 29.0 Å². The van der Waals surface area contributed by atoms with Gasteiger partial charge in [-0.05, 0) is 6.92 Å². The Morgan fingerprint density at radius 2 is 1.86 bits per heavy atom. The van der Waals surface area contributed by atoms with Crippen LogP contribution in [0.25, 0.3) is 0 Å². The van der Waals surface area contributed by atoms with E-state index in [0.717, 1.165) is 0 Å². The largest absolute Gasteiger partial charge is 0.387 e. The van der Waals surface area contributed by atoms with Gasteiger partial charge in [-0.15, -0.1) is 0 Å². The van der Waals surface area contributed by atoms with Gasteiger partial charge in [0, 0.05) is 20.3 Å². The fourth-order valence-electron chi connectivity index (χ4n) is 2.40. The lowest BCUT2D eigenvalue weighted by Gasteiger charge is -2.12. The predicted molar refractivity (Wildman–Crippen MR) is 103 cm³/mol. The van der Waals surface area contributed by atoms with Gasteiger partial charge in [0.05, 0.1) is 41.8 Å². The highest BCUT2D eigenvalue weighted by Gasteiger charge is 2.22. The van der Waals surface area contributed by atoms with Gasteiger partial charge in [-0.2, -0.15) is 5.10 Å². The number of nitrogens with one attached hydrogen (secondary N) is 3. The molecule has 3 aromatic heterocycles. The van der Waals surface area contributed by atoms with Gasteiger partial charge >= 0.3 is 0 Å². The Morgan fingerprint density at radius 3 is 2.52 bits per heavy atom. The Kier molecular flexibility index (Phi) is 5.74. The van der Waals surface area contributed by atoms with Crippen molar-refractivity contribution in [2.45, 2.75) is 13.0 Å². The normalized spacial score (nSPS) is 11.6. The number of carbonyl (C=O) groups excluding carboxylic acids is 2. The number of amides is 2. The van der Waals surface area contributed by atoms with Gasteiger partial charge in [0.1, 0.15) is 6.33 Å². The van der Waals surface area contributed by atoms with Gasteiger partial charge in [0.15, 0.2) is 17.2 Å². The van der Waals surface area contributed by atoms with Gasteiger partial charge < -0.3 is 21.1 Å². The molecule has 0 spiro atoms. The molecule has 0 radical (unpaired) electrons. The molecule has 3 aromatic rings. The van der Waals surface area contributed by atoms with E-state index in [4.69, 9.17) is 0 Å². The number of hydrogen-bond donors (Lipinski definition) is 4. The number of hydrogen-bond acceptors (Lipinski definition) is 9. The number of nitrogens with zero attached hydrogens (tertiary/aromatic N) is 6. The molecule has 12 nitrogen and oxygen atoms in total. The second-order valence-electron chi connectivity index (χ2n) is 6.02. The molecule has 3 heterocycles. The summed E-state index contributed by atoms with van der Waals surface area (Å²) in [5.41, 5.74) is 0.874. The van der Waals surface area contributed by atoms with Crippen molar-refractivity contribution in [3.63, 3.8) is 0 Å². The molecule has 0 saturated heterocycles. The maximum Gasteiger partial charge on any atom is 0.278 e. The molecular weight excluding hydrogens is 378 g/mol. The molecule has 1 unspecified atom stereocenters. The molecule has 0 aliphatic carbocycles. The zero-order chi connectivity index (χ0) is 21.0. The van der Waals surface area contributed by atoms with E-state index in [2.05, 4.69) is 41.0 Å². The SMILES string of the molecule is CNC(=O)c1nn(C)cc1NC(=O)c1nc(C(C)O)cnc1Nc1cncnc1. The first-order chi connectivity index (χ1) is 13.9. The minimum atomic E-state index is -0.928. The summed E-state index contributed by atoms with van der Waals surface area (Å²) in [6, 6.07) is 0. The number of carbonyl (C=O) groups is 2. The molecule has 3 rings (SSSR count). The quantitative estimate of drug-likeness (QED) is 0.462. The summed E-state index contributed by atoms with van der Waals surface area (Å²) < 4.78 is 1.40. The lowest BCUT2D eigenvalue weighted by atomic mass is 10.2. The maximum atomic E-state index is 12.9. The zero-order valence-electron chi connectivity index (χ0n) is 15.9. The topological polar surface area (TPSA) is 160 Å². The molecule has 4 N–H and O–H groups in total. The summed E-state index contributed by atoms with van der Waals surface area (Å²) in [4.78, 5) is 41.1. The molecule has 0 aromatic carbocycles. The van der Waals surface area contributed by atoms with Crippen LogP contribution >= 0.6 is 0 Å². The fourth-order valence-corrected chi connectivity index (χ4v) is 2.40. The minimum absolute atomic E-state index is 0.0500. The Hall–Kier alpha value is -3.93. The second kappa shape index (κ2) is 8.39. The highest BCUT2D eigenvalue weighted by atomic mass is 16.3. The Morgan fingerprint density at radius 1 is 1.14 bits per heavy atom. The third-order valence-electron chi connectivity index (χ3n) is 3.78. The van der Waals surface area contributed by atoms with Gasteiger partial charge in [-0.3, -0.25) is 14.3 Å². The Bertz CT molecular complexity index is 1030. The molecule has 2 amide bonds. The number of aliphatic hydroxyl groups is 1. The van der Waals surface area contributed by atoms with E-state index in [0.29, 0.717) is 5.69 Å². The summed E-state index contributed by atoms with van der Waals surface area (Å²) in [6.07, 6.45) is 6.29. The zero-order valence-corrected chi connectivity index (χ0v) is 15.9. The number of rotatable bonds is 6. The Balaban J connectivity index is 1.96. The number of aromatic nitrogens is 6. The van der Waals surface area contributed by atoms with Crippen molar-refractivity contribution in [1.29, 1.82) is 0 Å². The molecule has 12 heteroatoms. The first kappa shape index (κ1) is 19.8. The summed E-state index contributed by atoms with van der Waals surface area (Å²) in [5.74, 6) is -0.964. The number of anilines is 3. The molecule has 150 valence electrons. The number of aryl methyl sites for hydroxylation is 1. The standard InChI is InChI=1S/C17H19N9O3/c1-9(27)11-6-21-15(22-10-4-19-8-20-5-10)14(23-11)17(29)24-12-7-26(3)25-13(12)16(28)18-2/h4-9,27H,1-3H3,(H,18,28)(H,21,22)(H,24,29). The van der Waals surface area contributed by atoms with Crippen LogP contribution in [0, 0.1) is 0 Å². The lowest BCUT2D eigenvalue weighted by molar-refractivity contribution is 0.0958.